The van der Waals surface area contributed by atoms with Crippen molar-refractivity contribution in [1.29, 1.82) is 0 Å². The van der Waals surface area contributed by atoms with Gasteiger partial charge in [-0.3, -0.25) is 4.79 Å². The van der Waals surface area contributed by atoms with Crippen LogP contribution < -0.4 is 10.6 Å². The fraction of sp³-hybridized carbons (Fsp3) is 0.143. The molecule has 0 atom stereocenters. The van der Waals surface area contributed by atoms with Crippen LogP contribution in [0.5, 0.6) is 0 Å². The minimum absolute atomic E-state index is 0.192. The van der Waals surface area contributed by atoms with Gasteiger partial charge in [-0.25, -0.2) is 9.97 Å². The van der Waals surface area contributed by atoms with Gasteiger partial charge in [0.2, 0.25) is 5.76 Å². The van der Waals surface area contributed by atoms with Crippen molar-refractivity contribution in [3.05, 3.63) is 54.9 Å². The molecule has 1 amide bonds. The maximum absolute atomic E-state index is 11.6. The molecule has 3 heterocycles. The number of carbonyl (C=O) groups excluding carboxylic acids is 1. The van der Waals surface area contributed by atoms with Crippen LogP contribution in [0.2, 0.25) is 0 Å². The number of carbonyl (C=O) groups is 1. The molecule has 0 radical (unpaired) electrons. The van der Waals surface area contributed by atoms with E-state index in [0.717, 1.165) is 5.82 Å². The molecule has 0 aliphatic heterocycles. The second kappa shape index (κ2) is 6.53. The molecule has 0 saturated carbocycles. The Kier molecular flexibility index (Phi) is 4.10. The predicted molar refractivity (Wildman–Crippen MR) is 78.7 cm³/mol. The molecule has 0 aliphatic carbocycles. The average Bonchev–Trinajstić information content (AvgIpc) is 3.24. The number of anilines is 1. The summed E-state index contributed by atoms with van der Waals surface area (Å²) in [6.45, 7) is 0.963. The minimum Gasteiger partial charge on any atom is -0.368 e. The molecule has 0 spiro atoms. The summed E-state index contributed by atoms with van der Waals surface area (Å²) < 4.78 is 6.65. The molecule has 0 aliphatic rings. The first-order valence-electron chi connectivity index (χ1n) is 6.71. The quantitative estimate of drug-likeness (QED) is 0.661. The van der Waals surface area contributed by atoms with Crippen LogP contribution in [-0.2, 0) is 0 Å². The van der Waals surface area contributed by atoms with E-state index in [-0.39, 0.29) is 11.7 Å². The standard InChI is InChI=1S/C14H14N6O2/c21-14(11-3-4-19-22-11)16-6-5-15-12-9-13(18-10-17-12)20-7-1-2-8-20/h1-4,7-10H,5-6H2,(H,16,21)(H,15,17,18). The van der Waals surface area contributed by atoms with Crippen LogP contribution in [0.3, 0.4) is 0 Å². The van der Waals surface area contributed by atoms with Gasteiger partial charge in [0.1, 0.15) is 18.0 Å². The molecule has 3 aromatic heterocycles. The lowest BCUT2D eigenvalue weighted by molar-refractivity contribution is 0.0918. The smallest absolute Gasteiger partial charge is 0.289 e. The van der Waals surface area contributed by atoms with Gasteiger partial charge in [-0.05, 0) is 12.1 Å². The Balaban J connectivity index is 1.50. The van der Waals surface area contributed by atoms with Crippen LogP contribution in [0, 0.1) is 0 Å². The molecule has 0 fully saturated rings. The fourth-order valence-electron chi connectivity index (χ4n) is 1.86. The zero-order chi connectivity index (χ0) is 15.2. The molecule has 22 heavy (non-hydrogen) atoms. The molecular formula is C14H14N6O2. The van der Waals surface area contributed by atoms with Gasteiger partial charge in [0.05, 0.1) is 6.20 Å². The lowest BCUT2D eigenvalue weighted by Crippen LogP contribution is -2.28. The average molecular weight is 298 g/mol. The maximum Gasteiger partial charge on any atom is 0.289 e. The first-order chi connectivity index (χ1) is 10.8. The Morgan fingerprint density at radius 1 is 1.23 bits per heavy atom. The van der Waals surface area contributed by atoms with Crippen molar-refractivity contribution < 1.29 is 9.32 Å². The predicted octanol–water partition coefficient (Wildman–Crippen LogP) is 1.10. The zero-order valence-electron chi connectivity index (χ0n) is 11.6. The third kappa shape index (κ3) is 3.29. The molecule has 0 bridgehead atoms. The molecular weight excluding hydrogens is 284 g/mol. The first kappa shape index (κ1) is 13.8. The van der Waals surface area contributed by atoms with Crippen LogP contribution in [0.1, 0.15) is 10.6 Å². The maximum atomic E-state index is 11.6. The van der Waals surface area contributed by atoms with Crippen molar-refractivity contribution in [2.75, 3.05) is 18.4 Å². The summed E-state index contributed by atoms with van der Waals surface area (Å²) in [6.07, 6.45) is 6.73. The van der Waals surface area contributed by atoms with Crippen LogP contribution in [0.4, 0.5) is 5.82 Å². The second-order valence-corrected chi connectivity index (χ2v) is 4.41. The number of hydrogen-bond acceptors (Lipinski definition) is 6. The zero-order valence-corrected chi connectivity index (χ0v) is 11.6. The van der Waals surface area contributed by atoms with Crippen molar-refractivity contribution in [3.8, 4) is 5.82 Å². The Hall–Kier alpha value is -3.16. The van der Waals surface area contributed by atoms with Gasteiger partial charge in [-0.2, -0.15) is 0 Å². The Bertz CT molecular complexity index is 724. The second-order valence-electron chi connectivity index (χ2n) is 4.41. The van der Waals surface area contributed by atoms with E-state index in [1.54, 1.807) is 0 Å². The Morgan fingerprint density at radius 3 is 2.86 bits per heavy atom. The molecule has 8 heteroatoms. The van der Waals surface area contributed by atoms with E-state index in [9.17, 15) is 4.79 Å². The molecule has 3 rings (SSSR count). The number of hydrogen-bond donors (Lipinski definition) is 2. The van der Waals surface area contributed by atoms with E-state index in [1.807, 2.05) is 35.2 Å². The number of nitrogens with zero attached hydrogens (tertiary/aromatic N) is 4. The van der Waals surface area contributed by atoms with Gasteiger partial charge in [-0.15, -0.1) is 0 Å². The number of amides is 1. The van der Waals surface area contributed by atoms with E-state index in [4.69, 9.17) is 4.52 Å². The third-order valence-electron chi connectivity index (χ3n) is 2.90. The molecule has 0 unspecified atom stereocenters. The van der Waals surface area contributed by atoms with Gasteiger partial charge in [-0.1, -0.05) is 5.16 Å². The summed E-state index contributed by atoms with van der Waals surface area (Å²) in [7, 11) is 0. The largest absolute Gasteiger partial charge is 0.368 e. The van der Waals surface area contributed by atoms with E-state index < -0.39 is 0 Å². The van der Waals surface area contributed by atoms with E-state index >= 15 is 0 Å². The van der Waals surface area contributed by atoms with Gasteiger partial charge in [0.15, 0.2) is 0 Å². The minimum atomic E-state index is -0.296. The highest BCUT2D eigenvalue weighted by atomic mass is 16.5. The lowest BCUT2D eigenvalue weighted by atomic mass is 10.4. The summed E-state index contributed by atoms with van der Waals surface area (Å²) >= 11 is 0. The highest BCUT2D eigenvalue weighted by molar-refractivity contribution is 5.91. The van der Waals surface area contributed by atoms with E-state index in [0.29, 0.717) is 18.9 Å². The van der Waals surface area contributed by atoms with Gasteiger partial charge >= 0.3 is 0 Å². The molecule has 8 nitrogen and oxygen atoms in total. The van der Waals surface area contributed by atoms with Crippen molar-refractivity contribution in [1.82, 2.24) is 25.0 Å². The van der Waals surface area contributed by atoms with Crippen molar-refractivity contribution >= 4 is 11.7 Å². The van der Waals surface area contributed by atoms with E-state index in [1.165, 1.54) is 18.6 Å². The van der Waals surface area contributed by atoms with Gasteiger partial charge < -0.3 is 19.7 Å². The molecule has 3 aromatic rings. The Morgan fingerprint density at radius 2 is 2.09 bits per heavy atom. The SMILES string of the molecule is O=C(NCCNc1cc(-n2cccc2)ncn1)c1ccno1. The van der Waals surface area contributed by atoms with Gasteiger partial charge in [0, 0.05) is 37.6 Å². The normalized spacial score (nSPS) is 10.4. The first-order valence-corrected chi connectivity index (χ1v) is 6.71. The van der Waals surface area contributed by atoms with Crippen molar-refractivity contribution in [2.24, 2.45) is 0 Å². The summed E-state index contributed by atoms with van der Waals surface area (Å²) in [5, 5.41) is 9.32. The summed E-state index contributed by atoms with van der Waals surface area (Å²) in [6, 6.07) is 7.19. The van der Waals surface area contributed by atoms with Crippen LogP contribution in [0.15, 0.2) is 53.7 Å². The lowest BCUT2D eigenvalue weighted by Gasteiger charge is -2.08. The molecule has 0 saturated heterocycles. The summed E-state index contributed by atoms with van der Waals surface area (Å²) in [5.41, 5.74) is 0. The number of rotatable bonds is 6. The van der Waals surface area contributed by atoms with Crippen LogP contribution in [0.25, 0.3) is 5.82 Å². The number of nitrogens with one attached hydrogen (secondary N) is 2. The summed E-state index contributed by atoms with van der Waals surface area (Å²) in [4.78, 5) is 20.0. The van der Waals surface area contributed by atoms with Crippen LogP contribution >= 0.6 is 0 Å². The Labute approximate surface area is 126 Å². The topological polar surface area (TPSA) is 97.9 Å². The number of aromatic nitrogens is 4. The summed E-state index contributed by atoms with van der Waals surface area (Å²) in [5.74, 6) is 1.35. The highest BCUT2D eigenvalue weighted by Gasteiger charge is 2.08. The van der Waals surface area contributed by atoms with Crippen molar-refractivity contribution in [3.63, 3.8) is 0 Å². The molecule has 0 aromatic carbocycles. The van der Waals surface area contributed by atoms with Crippen molar-refractivity contribution in [2.45, 2.75) is 0 Å². The molecule has 2 N–H and O–H groups in total. The fourth-order valence-corrected chi connectivity index (χ4v) is 1.86. The van der Waals surface area contributed by atoms with Gasteiger partial charge in [0.25, 0.3) is 5.91 Å². The van der Waals surface area contributed by atoms with E-state index in [2.05, 4.69) is 25.8 Å². The highest BCUT2D eigenvalue weighted by Crippen LogP contribution is 2.08. The molecule has 112 valence electrons. The van der Waals surface area contributed by atoms with Crippen LogP contribution in [-0.4, -0.2) is 38.7 Å². The monoisotopic (exact) mass is 298 g/mol. The third-order valence-corrected chi connectivity index (χ3v) is 2.90.